The van der Waals surface area contributed by atoms with E-state index in [1.54, 1.807) is 4.90 Å². The van der Waals surface area contributed by atoms with Crippen LogP contribution in [0.4, 0.5) is 11.5 Å². The van der Waals surface area contributed by atoms with E-state index in [1.807, 2.05) is 6.20 Å². The molecule has 5 heterocycles. The molecule has 0 spiro atoms. The summed E-state index contributed by atoms with van der Waals surface area (Å²) < 4.78 is 6.54. The van der Waals surface area contributed by atoms with Crippen molar-refractivity contribution in [2.24, 2.45) is 0 Å². The van der Waals surface area contributed by atoms with Gasteiger partial charge >= 0.3 is 6.01 Å². The molecule has 1 aromatic carbocycles. The highest BCUT2D eigenvalue weighted by Gasteiger charge is 2.49. The fourth-order valence-corrected chi connectivity index (χ4v) is 7.53. The number of nitrogens with one attached hydrogen (secondary N) is 1. The number of hydrogen-bond acceptors (Lipinski definition) is 10. The number of benzene rings is 1. The molecule has 1 saturated carbocycles. The summed E-state index contributed by atoms with van der Waals surface area (Å²) in [6.45, 7) is 15.9. The molecule has 0 unspecified atom stereocenters. The Morgan fingerprint density at radius 3 is 2.70 bits per heavy atom. The topological polar surface area (TPSA) is 121 Å². The summed E-state index contributed by atoms with van der Waals surface area (Å²) in [7, 11) is 2.18. The predicted octanol–water partition coefficient (Wildman–Crippen LogP) is 2.81. The Hall–Kier alpha value is -4.21. The quantitative estimate of drug-likeness (QED) is 0.375. The number of aryl methyl sites for hydroxylation is 1. The summed E-state index contributed by atoms with van der Waals surface area (Å²) in [5.74, 6) is 0.731. The van der Waals surface area contributed by atoms with E-state index >= 15 is 0 Å². The molecule has 12 heteroatoms. The second-order valence-corrected chi connectivity index (χ2v) is 13.4. The predicted molar refractivity (Wildman–Crippen MR) is 177 cm³/mol. The van der Waals surface area contributed by atoms with Gasteiger partial charge in [-0.2, -0.15) is 20.3 Å². The molecular weight excluding hydrogens is 580 g/mol. The van der Waals surface area contributed by atoms with Crippen LogP contribution < -0.4 is 14.5 Å². The Labute approximate surface area is 270 Å². The maximum atomic E-state index is 12.6. The van der Waals surface area contributed by atoms with Crippen molar-refractivity contribution < 1.29 is 9.53 Å². The van der Waals surface area contributed by atoms with Crippen LogP contribution in [-0.4, -0.2) is 118 Å². The largest absolute Gasteiger partial charge is 0.461 e. The van der Waals surface area contributed by atoms with Crippen molar-refractivity contribution in [3.05, 3.63) is 47.3 Å². The summed E-state index contributed by atoms with van der Waals surface area (Å²) >= 11 is 0. The van der Waals surface area contributed by atoms with Crippen molar-refractivity contribution in [3.63, 3.8) is 0 Å². The molecule has 0 bridgehead atoms. The van der Waals surface area contributed by atoms with Gasteiger partial charge in [-0.15, -0.1) is 0 Å². The first kappa shape index (κ1) is 30.4. The number of nitrogens with zero attached hydrogens (tertiary/aromatic N) is 9. The van der Waals surface area contributed by atoms with Gasteiger partial charge in [0, 0.05) is 63.3 Å². The zero-order valence-electron chi connectivity index (χ0n) is 27.3. The number of carbonyl (C=O) groups excluding carboxylic acids is 1. The Kier molecular flexibility index (Phi) is 8.07. The van der Waals surface area contributed by atoms with Gasteiger partial charge < -0.3 is 24.3 Å². The number of amides is 1. The van der Waals surface area contributed by atoms with E-state index in [0.29, 0.717) is 38.8 Å². The van der Waals surface area contributed by atoms with Crippen molar-refractivity contribution in [2.75, 3.05) is 75.8 Å². The molecule has 3 aliphatic heterocycles. The van der Waals surface area contributed by atoms with Crippen molar-refractivity contribution in [2.45, 2.75) is 57.7 Å². The zero-order valence-corrected chi connectivity index (χ0v) is 27.3. The van der Waals surface area contributed by atoms with Crippen LogP contribution in [0, 0.1) is 25.2 Å². The highest BCUT2D eigenvalue weighted by molar-refractivity contribution is 5.94. The number of aromatic amines is 1. The maximum Gasteiger partial charge on any atom is 0.318 e. The Bertz CT molecular complexity index is 1680. The molecule has 12 nitrogen and oxygen atoms in total. The van der Waals surface area contributed by atoms with E-state index in [0.717, 1.165) is 80.0 Å². The lowest BCUT2D eigenvalue weighted by atomic mass is 9.99. The number of fused-ring (bicyclic) bond motifs is 2. The molecule has 7 rings (SSSR count). The first-order chi connectivity index (χ1) is 22.3. The van der Waals surface area contributed by atoms with Crippen LogP contribution in [-0.2, 0) is 17.8 Å². The van der Waals surface area contributed by atoms with Gasteiger partial charge in [0.25, 0.3) is 0 Å². The lowest BCUT2D eigenvalue weighted by Crippen LogP contribution is -2.55. The molecule has 1 amide bonds. The van der Waals surface area contributed by atoms with E-state index < -0.39 is 0 Å². The fraction of sp³-hybridized carbons (Fsp3) is 0.559. The van der Waals surface area contributed by atoms with Gasteiger partial charge in [0.15, 0.2) is 0 Å². The van der Waals surface area contributed by atoms with Crippen LogP contribution in [0.5, 0.6) is 6.01 Å². The number of ether oxygens (including phenoxy) is 1. The molecule has 1 N–H and O–H groups in total. The lowest BCUT2D eigenvalue weighted by Gasteiger charge is -2.42. The molecule has 3 aromatic rings. The molecular formula is C34H44N10O2. The van der Waals surface area contributed by atoms with Gasteiger partial charge in [0.2, 0.25) is 5.91 Å². The number of aromatic nitrogens is 4. The van der Waals surface area contributed by atoms with Crippen molar-refractivity contribution in [1.29, 1.82) is 5.26 Å². The third-order valence-corrected chi connectivity index (χ3v) is 10.6. The highest BCUT2D eigenvalue weighted by Crippen LogP contribution is 2.43. The third kappa shape index (κ3) is 5.56. The number of carbonyl (C=O) groups is 1. The van der Waals surface area contributed by atoms with Gasteiger partial charge in [-0.3, -0.25) is 14.8 Å². The molecule has 1 aliphatic carbocycles. The maximum absolute atomic E-state index is 12.6. The fourth-order valence-electron chi connectivity index (χ4n) is 7.53. The van der Waals surface area contributed by atoms with Crippen molar-refractivity contribution in [1.82, 2.24) is 34.9 Å². The molecule has 46 heavy (non-hydrogen) atoms. The number of nitriles is 1. The van der Waals surface area contributed by atoms with Crippen LogP contribution in [0.3, 0.4) is 0 Å². The van der Waals surface area contributed by atoms with E-state index in [9.17, 15) is 10.1 Å². The van der Waals surface area contributed by atoms with Crippen LogP contribution in [0.25, 0.3) is 10.9 Å². The van der Waals surface area contributed by atoms with E-state index in [-0.39, 0.29) is 23.9 Å². The summed E-state index contributed by atoms with van der Waals surface area (Å²) in [6.07, 6.45) is 6.54. The second kappa shape index (κ2) is 12.2. The number of rotatable bonds is 8. The van der Waals surface area contributed by atoms with Crippen LogP contribution >= 0.6 is 0 Å². The monoisotopic (exact) mass is 624 g/mol. The second-order valence-electron chi connectivity index (χ2n) is 13.4. The normalized spacial score (nSPS) is 21.6. The van der Waals surface area contributed by atoms with E-state index in [1.165, 1.54) is 22.9 Å². The van der Waals surface area contributed by atoms with Gasteiger partial charge in [0.05, 0.1) is 53.7 Å². The minimum Gasteiger partial charge on any atom is -0.461 e. The minimum atomic E-state index is -0.240. The molecule has 2 aromatic heterocycles. The first-order valence-electron chi connectivity index (χ1n) is 16.5. The van der Waals surface area contributed by atoms with Crippen LogP contribution in [0.2, 0.25) is 0 Å². The summed E-state index contributed by atoms with van der Waals surface area (Å²) in [4.78, 5) is 34.2. The smallest absolute Gasteiger partial charge is 0.318 e. The highest BCUT2D eigenvalue weighted by atomic mass is 16.5. The Morgan fingerprint density at radius 2 is 1.96 bits per heavy atom. The number of likely N-dealkylation sites (N-methyl/N-ethyl adjacent to an activating group) is 1. The van der Waals surface area contributed by atoms with Gasteiger partial charge in [0.1, 0.15) is 12.4 Å². The minimum absolute atomic E-state index is 0.0624. The first-order valence-corrected chi connectivity index (χ1v) is 16.5. The average Bonchev–Trinajstić information content (AvgIpc) is 3.73. The number of piperazine rings is 2. The van der Waals surface area contributed by atoms with Crippen molar-refractivity contribution in [3.8, 4) is 12.1 Å². The molecule has 1 atom stereocenters. The van der Waals surface area contributed by atoms with Crippen LogP contribution in [0.1, 0.15) is 41.6 Å². The molecule has 4 aliphatic rings. The molecule has 3 fully saturated rings. The molecule has 0 radical (unpaired) electrons. The zero-order chi connectivity index (χ0) is 32.0. The van der Waals surface area contributed by atoms with Gasteiger partial charge in [-0.1, -0.05) is 6.58 Å². The van der Waals surface area contributed by atoms with E-state index in [2.05, 4.69) is 69.4 Å². The van der Waals surface area contributed by atoms with Gasteiger partial charge in [-0.05, 0) is 63.4 Å². The van der Waals surface area contributed by atoms with E-state index in [4.69, 9.17) is 14.7 Å². The summed E-state index contributed by atoms with van der Waals surface area (Å²) in [5, 5.41) is 18.2. The molecule has 2 saturated heterocycles. The number of H-pyrrole nitrogens is 1. The Morgan fingerprint density at radius 1 is 1.15 bits per heavy atom. The number of anilines is 2. The SMILES string of the molecule is C=CC(=O)N1CCN(c2nc(OCC3(N4CCN(C)CC4)CC3)nc3c2CCN(c2c(C)c(C)cc4[nH]ncc24)C3)C[C@@H]1CC#N. The van der Waals surface area contributed by atoms with Gasteiger partial charge in [-0.25, -0.2) is 0 Å². The third-order valence-electron chi connectivity index (χ3n) is 10.6. The summed E-state index contributed by atoms with van der Waals surface area (Å²) in [6, 6.07) is 4.61. The average molecular weight is 625 g/mol. The van der Waals surface area contributed by atoms with Crippen molar-refractivity contribution >= 4 is 28.3 Å². The lowest BCUT2D eigenvalue weighted by molar-refractivity contribution is -0.128. The van der Waals surface area contributed by atoms with Crippen LogP contribution in [0.15, 0.2) is 24.9 Å². The number of hydrogen-bond donors (Lipinski definition) is 1. The summed E-state index contributed by atoms with van der Waals surface area (Å²) in [5.41, 5.74) is 6.84. The Balaban J connectivity index is 1.21. The molecule has 242 valence electrons. The standard InChI is InChI=1S/C34H44N10O2/c1-5-30(45)44-17-14-42(20-25(44)6-10-35)32-26-7-11-41(31-24(3)23(2)18-28-27(31)19-36-39-28)21-29(26)37-33(38-32)46-22-34(8-9-34)43-15-12-40(4)13-16-43/h5,18-19,25H,1,6-9,11-17,20-22H2,2-4H3,(H,36,39)/t25-/m0/s1.